The van der Waals surface area contributed by atoms with Crippen LogP contribution in [0.2, 0.25) is 0 Å². The summed E-state index contributed by atoms with van der Waals surface area (Å²) in [5.41, 5.74) is -0.818. The number of alkyl halides is 3. The molecule has 1 aromatic rings. The van der Waals surface area contributed by atoms with Crippen LogP contribution in [0.15, 0.2) is 6.20 Å². The maximum absolute atomic E-state index is 12.0. The van der Waals surface area contributed by atoms with Gasteiger partial charge in [0.1, 0.15) is 5.82 Å². The van der Waals surface area contributed by atoms with Crippen LogP contribution in [0.25, 0.3) is 0 Å². The lowest BCUT2D eigenvalue weighted by Gasteiger charge is -1.99. The third kappa shape index (κ3) is 3.05. The molecule has 2 nitrogen and oxygen atoms in total. The highest BCUT2D eigenvalue weighted by Gasteiger charge is 2.33. The van der Waals surface area contributed by atoms with Crippen molar-refractivity contribution in [3.63, 3.8) is 0 Å². The number of aromatic nitrogens is 2. The molecule has 0 unspecified atom stereocenters. The Labute approximate surface area is 81.8 Å². The van der Waals surface area contributed by atoms with Crippen molar-refractivity contribution in [3.05, 3.63) is 17.7 Å². The summed E-state index contributed by atoms with van der Waals surface area (Å²) in [5, 5.41) is 0. The molecule has 0 saturated heterocycles. The molecule has 0 fully saturated rings. The van der Waals surface area contributed by atoms with Gasteiger partial charge in [0, 0.05) is 12.7 Å². The maximum Gasteiger partial charge on any atom is 0.434 e. The quantitative estimate of drug-likeness (QED) is 0.692. The van der Waals surface area contributed by atoms with Gasteiger partial charge in [-0.1, -0.05) is 13.8 Å². The average molecular weight is 208 g/mol. The van der Waals surface area contributed by atoms with E-state index < -0.39 is 11.9 Å². The van der Waals surface area contributed by atoms with Crippen molar-refractivity contribution in [1.82, 2.24) is 9.55 Å². The largest absolute Gasteiger partial charge is 0.434 e. The summed E-state index contributed by atoms with van der Waals surface area (Å²) in [6.45, 7) is 7.84. The molecule has 1 heterocycles. The van der Waals surface area contributed by atoms with Crippen LogP contribution < -0.4 is 0 Å². The molecule has 82 valence electrons. The lowest BCUT2D eigenvalue weighted by molar-refractivity contribution is -0.141. The molecule has 1 aromatic heterocycles. The minimum Gasteiger partial charge on any atom is -0.335 e. The first-order valence-electron chi connectivity index (χ1n) is 4.56. The number of aryl methyl sites for hydroxylation is 2. The lowest BCUT2D eigenvalue weighted by Crippen LogP contribution is -2.04. The van der Waals surface area contributed by atoms with E-state index >= 15 is 0 Å². The molecule has 0 bridgehead atoms. The second kappa shape index (κ2) is 5.02. The molecular formula is C9H15F3N2. The Morgan fingerprint density at radius 3 is 2.07 bits per heavy atom. The summed E-state index contributed by atoms with van der Waals surface area (Å²) in [6, 6.07) is 0. The number of hydrogen-bond donors (Lipinski definition) is 0. The second-order valence-corrected chi connectivity index (χ2v) is 2.46. The van der Waals surface area contributed by atoms with Crippen molar-refractivity contribution in [3.8, 4) is 0 Å². The fourth-order valence-electron chi connectivity index (χ4n) is 0.965. The van der Waals surface area contributed by atoms with Crippen molar-refractivity contribution in [2.75, 3.05) is 0 Å². The molecule has 5 heteroatoms. The monoisotopic (exact) mass is 208 g/mol. The van der Waals surface area contributed by atoms with E-state index in [0.29, 0.717) is 12.4 Å². The van der Waals surface area contributed by atoms with Crippen LogP contribution in [0.4, 0.5) is 13.2 Å². The van der Waals surface area contributed by atoms with Crippen molar-refractivity contribution in [2.24, 2.45) is 0 Å². The average Bonchev–Trinajstić information content (AvgIpc) is 2.49. The van der Waals surface area contributed by atoms with Crippen LogP contribution in [0.5, 0.6) is 0 Å². The minimum absolute atomic E-state index is 0.393. The zero-order chi connectivity index (χ0) is 11.4. The Morgan fingerprint density at radius 1 is 1.36 bits per heavy atom. The van der Waals surface area contributed by atoms with E-state index in [1.807, 2.05) is 13.8 Å². The van der Waals surface area contributed by atoms with Gasteiger partial charge in [-0.15, -0.1) is 0 Å². The fourth-order valence-corrected chi connectivity index (χ4v) is 0.965. The SMILES string of the molecule is CC.CCn1cc(C(F)(F)F)nc1C. The van der Waals surface area contributed by atoms with Crippen molar-refractivity contribution >= 4 is 0 Å². The number of nitrogens with zero attached hydrogens (tertiary/aromatic N) is 2. The zero-order valence-electron chi connectivity index (χ0n) is 8.81. The van der Waals surface area contributed by atoms with Crippen molar-refractivity contribution < 1.29 is 13.2 Å². The molecule has 0 amide bonds. The topological polar surface area (TPSA) is 17.8 Å². The smallest absolute Gasteiger partial charge is 0.335 e. The van der Waals surface area contributed by atoms with E-state index in [0.717, 1.165) is 6.20 Å². The summed E-state index contributed by atoms with van der Waals surface area (Å²) >= 11 is 0. The molecule has 0 atom stereocenters. The van der Waals surface area contributed by atoms with Gasteiger partial charge in [-0.05, 0) is 13.8 Å². The molecule has 0 aliphatic rings. The van der Waals surface area contributed by atoms with E-state index in [1.54, 1.807) is 13.8 Å². The third-order valence-electron chi connectivity index (χ3n) is 1.61. The van der Waals surface area contributed by atoms with Crippen LogP contribution in [0.1, 0.15) is 32.3 Å². The van der Waals surface area contributed by atoms with Gasteiger partial charge in [-0.25, -0.2) is 4.98 Å². The Bertz CT molecular complexity index is 276. The molecule has 14 heavy (non-hydrogen) atoms. The fraction of sp³-hybridized carbons (Fsp3) is 0.667. The van der Waals surface area contributed by atoms with Gasteiger partial charge in [0.2, 0.25) is 0 Å². The highest BCUT2D eigenvalue weighted by Crippen LogP contribution is 2.27. The first-order chi connectivity index (χ1) is 6.45. The molecular weight excluding hydrogens is 193 g/mol. The van der Waals surface area contributed by atoms with Gasteiger partial charge in [0.15, 0.2) is 5.69 Å². The Kier molecular flexibility index (Phi) is 4.67. The Hall–Kier alpha value is -1.00. The predicted octanol–water partition coefficient (Wildman–Crippen LogP) is 3.26. The number of rotatable bonds is 1. The first-order valence-corrected chi connectivity index (χ1v) is 4.56. The summed E-state index contributed by atoms with van der Waals surface area (Å²) < 4.78 is 37.6. The predicted molar refractivity (Wildman–Crippen MR) is 49.0 cm³/mol. The Balaban J connectivity index is 0.000000791. The van der Waals surface area contributed by atoms with Crippen LogP contribution in [-0.4, -0.2) is 9.55 Å². The Morgan fingerprint density at radius 2 is 1.86 bits per heavy atom. The molecule has 0 spiro atoms. The van der Waals surface area contributed by atoms with Crippen LogP contribution >= 0.6 is 0 Å². The molecule has 0 saturated carbocycles. The summed E-state index contributed by atoms with van der Waals surface area (Å²) in [5.74, 6) is 0.393. The molecule has 0 aliphatic heterocycles. The molecule has 0 N–H and O–H groups in total. The molecule has 0 aromatic carbocycles. The standard InChI is InChI=1S/C7H9F3N2.C2H6/c1-3-12-4-6(7(8,9)10)11-5(12)2;1-2/h4H,3H2,1-2H3;1-2H3. The molecule has 0 aliphatic carbocycles. The van der Waals surface area contributed by atoms with Gasteiger partial charge in [0.05, 0.1) is 0 Å². The van der Waals surface area contributed by atoms with Gasteiger partial charge in [-0.3, -0.25) is 0 Å². The molecule has 1 rings (SSSR count). The van der Waals surface area contributed by atoms with E-state index in [2.05, 4.69) is 4.98 Å². The highest BCUT2D eigenvalue weighted by atomic mass is 19.4. The van der Waals surface area contributed by atoms with E-state index in [1.165, 1.54) is 4.57 Å². The lowest BCUT2D eigenvalue weighted by atomic mass is 10.5. The zero-order valence-corrected chi connectivity index (χ0v) is 8.81. The normalized spacial score (nSPS) is 10.8. The number of hydrogen-bond acceptors (Lipinski definition) is 1. The van der Waals surface area contributed by atoms with E-state index in [-0.39, 0.29) is 0 Å². The van der Waals surface area contributed by atoms with E-state index in [9.17, 15) is 13.2 Å². The summed E-state index contributed by atoms with van der Waals surface area (Å²) in [7, 11) is 0. The van der Waals surface area contributed by atoms with E-state index in [4.69, 9.17) is 0 Å². The van der Waals surface area contributed by atoms with Crippen LogP contribution in [-0.2, 0) is 12.7 Å². The summed E-state index contributed by atoms with van der Waals surface area (Å²) in [6.07, 6.45) is -3.31. The van der Waals surface area contributed by atoms with Gasteiger partial charge in [-0.2, -0.15) is 13.2 Å². The third-order valence-corrected chi connectivity index (χ3v) is 1.61. The van der Waals surface area contributed by atoms with Gasteiger partial charge >= 0.3 is 6.18 Å². The summed E-state index contributed by atoms with van der Waals surface area (Å²) in [4.78, 5) is 3.39. The van der Waals surface area contributed by atoms with Crippen LogP contribution in [0.3, 0.4) is 0 Å². The first kappa shape index (κ1) is 13.0. The second-order valence-electron chi connectivity index (χ2n) is 2.46. The molecule has 0 radical (unpaired) electrons. The van der Waals surface area contributed by atoms with Gasteiger partial charge < -0.3 is 4.57 Å². The van der Waals surface area contributed by atoms with Crippen molar-refractivity contribution in [2.45, 2.75) is 40.4 Å². The number of halogens is 3. The number of imidazole rings is 1. The minimum atomic E-state index is -4.33. The van der Waals surface area contributed by atoms with Gasteiger partial charge in [0.25, 0.3) is 0 Å². The van der Waals surface area contributed by atoms with Crippen molar-refractivity contribution in [1.29, 1.82) is 0 Å². The highest BCUT2D eigenvalue weighted by molar-refractivity contribution is 5.06. The van der Waals surface area contributed by atoms with Crippen LogP contribution in [0, 0.1) is 6.92 Å². The maximum atomic E-state index is 12.0.